The molecule has 1 aromatic carbocycles. The first-order valence-corrected chi connectivity index (χ1v) is 11.9. The number of fused-ring (bicyclic) bond motifs is 1. The Morgan fingerprint density at radius 2 is 1.94 bits per heavy atom. The van der Waals surface area contributed by atoms with E-state index in [1.165, 1.54) is 0 Å². The standard InChI is InChI=1S/C12H19NO2S2Si/c1-8-7-9-5-6-10(18(2,3)4)12(11(9)16-8)17(13,14)15/h5-6,8H,7H2,1-4H3,(H2,13,14,15). The lowest BCUT2D eigenvalue weighted by Crippen LogP contribution is -2.42. The molecule has 1 unspecified atom stereocenters. The van der Waals surface area contributed by atoms with E-state index in [1.54, 1.807) is 11.8 Å². The summed E-state index contributed by atoms with van der Waals surface area (Å²) in [5.41, 5.74) is 1.12. The Morgan fingerprint density at radius 3 is 2.44 bits per heavy atom. The molecule has 1 heterocycles. The molecule has 18 heavy (non-hydrogen) atoms. The predicted molar refractivity (Wildman–Crippen MR) is 79.8 cm³/mol. The van der Waals surface area contributed by atoms with Gasteiger partial charge in [-0.05, 0) is 17.2 Å². The molecule has 1 atom stereocenters. The molecule has 3 nitrogen and oxygen atoms in total. The van der Waals surface area contributed by atoms with Crippen molar-refractivity contribution in [2.45, 2.75) is 48.0 Å². The molecule has 0 aromatic heterocycles. The third kappa shape index (κ3) is 2.52. The lowest BCUT2D eigenvalue weighted by Gasteiger charge is -2.22. The number of hydrogen-bond donors (Lipinski definition) is 1. The fourth-order valence-electron chi connectivity index (χ4n) is 2.32. The van der Waals surface area contributed by atoms with Gasteiger partial charge in [0, 0.05) is 10.1 Å². The molecule has 0 bridgehead atoms. The van der Waals surface area contributed by atoms with Crippen molar-refractivity contribution in [3.05, 3.63) is 17.7 Å². The maximum Gasteiger partial charge on any atom is 0.239 e. The number of sulfonamides is 1. The molecule has 0 saturated carbocycles. The first-order chi connectivity index (χ1) is 8.10. The van der Waals surface area contributed by atoms with Crippen molar-refractivity contribution in [3.63, 3.8) is 0 Å². The Morgan fingerprint density at radius 1 is 1.33 bits per heavy atom. The molecule has 0 fully saturated rings. The van der Waals surface area contributed by atoms with Crippen LogP contribution >= 0.6 is 11.8 Å². The van der Waals surface area contributed by atoms with Gasteiger partial charge in [-0.25, -0.2) is 13.6 Å². The van der Waals surface area contributed by atoms with E-state index in [0.717, 1.165) is 22.1 Å². The molecule has 0 amide bonds. The van der Waals surface area contributed by atoms with E-state index in [1.807, 2.05) is 6.07 Å². The fourth-order valence-corrected chi connectivity index (χ4v) is 7.59. The molecular formula is C12H19NO2S2Si. The molecular weight excluding hydrogens is 282 g/mol. The van der Waals surface area contributed by atoms with Crippen molar-refractivity contribution >= 4 is 35.0 Å². The smallest absolute Gasteiger partial charge is 0.225 e. The highest BCUT2D eigenvalue weighted by Gasteiger charge is 2.32. The molecule has 0 spiro atoms. The molecule has 6 heteroatoms. The van der Waals surface area contributed by atoms with Gasteiger partial charge in [-0.2, -0.15) is 0 Å². The first-order valence-electron chi connectivity index (χ1n) is 5.96. The lowest BCUT2D eigenvalue weighted by molar-refractivity contribution is 0.596. The van der Waals surface area contributed by atoms with E-state index >= 15 is 0 Å². The fraction of sp³-hybridized carbons (Fsp3) is 0.500. The zero-order valence-electron chi connectivity index (χ0n) is 11.1. The Labute approximate surface area is 114 Å². The van der Waals surface area contributed by atoms with Crippen molar-refractivity contribution in [2.24, 2.45) is 5.14 Å². The second-order valence-electron chi connectivity index (χ2n) is 5.86. The summed E-state index contributed by atoms with van der Waals surface area (Å²) in [6, 6.07) is 4.05. The minimum absolute atomic E-state index is 0.397. The van der Waals surface area contributed by atoms with Crippen LogP contribution in [0.5, 0.6) is 0 Å². The van der Waals surface area contributed by atoms with Crippen LogP contribution in [0.15, 0.2) is 21.9 Å². The molecule has 2 rings (SSSR count). The van der Waals surface area contributed by atoms with E-state index in [2.05, 4.69) is 32.6 Å². The van der Waals surface area contributed by atoms with Crippen molar-refractivity contribution in [2.75, 3.05) is 0 Å². The van der Waals surface area contributed by atoms with Crippen LogP contribution in [0, 0.1) is 0 Å². The number of nitrogens with two attached hydrogens (primary N) is 1. The molecule has 0 saturated heterocycles. The van der Waals surface area contributed by atoms with Crippen molar-refractivity contribution in [1.82, 2.24) is 0 Å². The molecule has 0 radical (unpaired) electrons. The minimum atomic E-state index is -3.65. The summed E-state index contributed by atoms with van der Waals surface area (Å²) in [4.78, 5) is 1.29. The number of thioether (sulfide) groups is 1. The molecule has 1 aliphatic heterocycles. The van der Waals surface area contributed by atoms with Gasteiger partial charge in [-0.3, -0.25) is 0 Å². The molecule has 100 valence electrons. The molecule has 2 N–H and O–H groups in total. The summed E-state index contributed by atoms with van der Waals surface area (Å²) in [5, 5.41) is 6.83. The number of rotatable bonds is 2. The second kappa shape index (κ2) is 4.37. The van der Waals surface area contributed by atoms with Crippen molar-refractivity contribution in [3.8, 4) is 0 Å². The molecule has 0 aliphatic carbocycles. The van der Waals surface area contributed by atoms with Gasteiger partial charge in [0.15, 0.2) is 0 Å². The summed E-state index contributed by atoms with van der Waals surface area (Å²) in [5.74, 6) is 0. The van der Waals surface area contributed by atoms with Crippen LogP contribution in [-0.2, 0) is 16.4 Å². The Balaban J connectivity index is 2.77. The summed E-state index contributed by atoms with van der Waals surface area (Å²) in [6.07, 6.45) is 0.925. The Hall–Kier alpha value is -0.303. The average molecular weight is 302 g/mol. The van der Waals surface area contributed by atoms with Crippen LogP contribution in [-0.4, -0.2) is 21.7 Å². The number of primary sulfonamides is 1. The predicted octanol–water partition coefficient (Wildman–Crippen LogP) is 1.92. The largest absolute Gasteiger partial charge is 0.239 e. The Bertz CT molecular complexity index is 591. The topological polar surface area (TPSA) is 60.2 Å². The van der Waals surface area contributed by atoms with Crippen LogP contribution in [0.2, 0.25) is 19.6 Å². The highest BCUT2D eigenvalue weighted by Crippen LogP contribution is 2.40. The van der Waals surface area contributed by atoms with Crippen LogP contribution in [0.1, 0.15) is 12.5 Å². The quantitative estimate of drug-likeness (QED) is 0.849. The first kappa shape index (κ1) is 14.1. The van der Waals surface area contributed by atoms with Gasteiger partial charge in [-0.15, -0.1) is 11.8 Å². The minimum Gasteiger partial charge on any atom is -0.225 e. The maximum atomic E-state index is 12.0. The van der Waals surface area contributed by atoms with E-state index in [9.17, 15) is 8.42 Å². The van der Waals surface area contributed by atoms with E-state index < -0.39 is 18.1 Å². The van der Waals surface area contributed by atoms with Crippen molar-refractivity contribution < 1.29 is 8.42 Å². The van der Waals surface area contributed by atoms with Gasteiger partial charge in [0.05, 0.1) is 13.0 Å². The zero-order chi connectivity index (χ0) is 13.7. The summed E-state index contributed by atoms with van der Waals surface area (Å²) in [7, 11) is -5.38. The van der Waals surface area contributed by atoms with E-state index in [4.69, 9.17) is 5.14 Å². The monoisotopic (exact) mass is 301 g/mol. The SMILES string of the molecule is CC1Cc2ccc([Si](C)(C)C)c(S(N)(=O)=O)c2S1. The Kier molecular flexibility index (Phi) is 3.42. The van der Waals surface area contributed by atoms with Crippen LogP contribution in [0.3, 0.4) is 0 Å². The van der Waals surface area contributed by atoms with Crippen LogP contribution < -0.4 is 10.3 Å². The van der Waals surface area contributed by atoms with Gasteiger partial charge in [-0.1, -0.05) is 38.7 Å². The third-order valence-corrected chi connectivity index (χ3v) is 7.72. The van der Waals surface area contributed by atoms with E-state index in [0.29, 0.717) is 10.1 Å². The number of benzene rings is 1. The number of hydrogen-bond acceptors (Lipinski definition) is 3. The highest BCUT2D eigenvalue weighted by molar-refractivity contribution is 8.01. The van der Waals surface area contributed by atoms with Crippen LogP contribution in [0.4, 0.5) is 0 Å². The maximum absolute atomic E-state index is 12.0. The summed E-state index contributed by atoms with van der Waals surface area (Å²) < 4.78 is 23.9. The van der Waals surface area contributed by atoms with Crippen molar-refractivity contribution in [1.29, 1.82) is 0 Å². The van der Waals surface area contributed by atoms with Gasteiger partial charge in [0.1, 0.15) is 0 Å². The molecule has 1 aliphatic rings. The average Bonchev–Trinajstić information content (AvgIpc) is 2.52. The zero-order valence-corrected chi connectivity index (χ0v) is 13.8. The second-order valence-corrected chi connectivity index (χ2v) is 13.8. The summed E-state index contributed by atoms with van der Waals surface area (Å²) >= 11 is 1.64. The normalized spacial score (nSPS) is 19.9. The lowest BCUT2D eigenvalue weighted by atomic mass is 10.1. The van der Waals surface area contributed by atoms with Gasteiger partial charge >= 0.3 is 0 Å². The van der Waals surface area contributed by atoms with Gasteiger partial charge in [0.25, 0.3) is 0 Å². The van der Waals surface area contributed by atoms with Crippen LogP contribution in [0.25, 0.3) is 0 Å². The third-order valence-electron chi connectivity index (χ3n) is 3.11. The highest BCUT2D eigenvalue weighted by atomic mass is 32.2. The van der Waals surface area contributed by atoms with Gasteiger partial charge in [0.2, 0.25) is 10.0 Å². The van der Waals surface area contributed by atoms with Gasteiger partial charge < -0.3 is 0 Å². The molecule has 1 aromatic rings. The summed E-state index contributed by atoms with van der Waals surface area (Å²) in [6.45, 7) is 8.55. The van der Waals surface area contributed by atoms with E-state index in [-0.39, 0.29) is 0 Å².